The molecule has 150 valence electrons. The number of hydrogen-bond donors (Lipinski definition) is 0. The van der Waals surface area contributed by atoms with E-state index in [9.17, 15) is 13.2 Å². The first-order valence-electron chi connectivity index (χ1n) is 8.82. The van der Waals surface area contributed by atoms with Gasteiger partial charge in [-0.3, -0.25) is 4.99 Å². The fraction of sp³-hybridized carbons (Fsp3) is 0.190. The van der Waals surface area contributed by atoms with Gasteiger partial charge in [0, 0.05) is 5.56 Å². The number of benzene rings is 2. The standard InChI is InChI=1S/C21H15ClF3NO2S/c22-16-11-12-29-20(16)18-10-9-17(26-18)15-3-1-2-4-19(15)27-13-5-7-14(8-6-13)28-21(23,24)25/h1-8,11-12,17H,9-10H2. The van der Waals surface area contributed by atoms with Gasteiger partial charge in [0.1, 0.15) is 17.2 Å². The Balaban J connectivity index is 1.54. The minimum Gasteiger partial charge on any atom is -0.457 e. The molecule has 1 aliphatic rings. The van der Waals surface area contributed by atoms with Gasteiger partial charge in [0.15, 0.2) is 0 Å². The molecule has 1 aliphatic heterocycles. The van der Waals surface area contributed by atoms with Crippen molar-refractivity contribution in [3.63, 3.8) is 0 Å². The summed E-state index contributed by atoms with van der Waals surface area (Å²) in [6.45, 7) is 0. The molecule has 4 rings (SSSR count). The second-order valence-corrected chi connectivity index (χ2v) is 7.71. The second-order valence-electron chi connectivity index (χ2n) is 6.39. The number of hydrogen-bond acceptors (Lipinski definition) is 4. The molecule has 2 heterocycles. The number of ether oxygens (including phenoxy) is 2. The molecule has 0 radical (unpaired) electrons. The fourth-order valence-corrected chi connectivity index (χ4v) is 4.36. The highest BCUT2D eigenvalue weighted by Crippen LogP contribution is 2.39. The van der Waals surface area contributed by atoms with E-state index in [1.165, 1.54) is 24.3 Å². The van der Waals surface area contributed by atoms with Crippen LogP contribution in [0.15, 0.2) is 65.0 Å². The molecule has 1 atom stereocenters. The predicted molar refractivity (Wildman–Crippen MR) is 107 cm³/mol. The van der Waals surface area contributed by atoms with Crippen LogP contribution in [0.25, 0.3) is 0 Å². The average molecular weight is 438 g/mol. The quantitative estimate of drug-likeness (QED) is 0.416. The Bertz CT molecular complexity index is 1030. The van der Waals surface area contributed by atoms with E-state index < -0.39 is 6.36 Å². The maximum atomic E-state index is 12.3. The Morgan fingerprint density at radius 3 is 2.41 bits per heavy atom. The van der Waals surface area contributed by atoms with E-state index in [0.29, 0.717) is 16.5 Å². The Labute approximate surface area is 174 Å². The maximum absolute atomic E-state index is 12.3. The van der Waals surface area contributed by atoms with Gasteiger partial charge in [0.05, 0.1) is 21.7 Å². The van der Waals surface area contributed by atoms with Crippen LogP contribution < -0.4 is 9.47 Å². The molecule has 1 aromatic heterocycles. The lowest BCUT2D eigenvalue weighted by Gasteiger charge is -2.15. The molecule has 2 aromatic carbocycles. The van der Waals surface area contributed by atoms with Gasteiger partial charge in [-0.1, -0.05) is 29.8 Å². The highest BCUT2D eigenvalue weighted by Gasteiger charge is 2.31. The van der Waals surface area contributed by atoms with Crippen LogP contribution in [0.1, 0.15) is 29.3 Å². The van der Waals surface area contributed by atoms with E-state index in [1.807, 2.05) is 35.7 Å². The summed E-state index contributed by atoms with van der Waals surface area (Å²) in [5.74, 6) is 0.732. The first kappa shape index (κ1) is 19.8. The van der Waals surface area contributed by atoms with Gasteiger partial charge in [-0.25, -0.2) is 0 Å². The van der Waals surface area contributed by atoms with E-state index in [4.69, 9.17) is 21.3 Å². The van der Waals surface area contributed by atoms with Crippen LogP contribution in [0.2, 0.25) is 5.02 Å². The molecule has 0 bridgehead atoms. The number of rotatable bonds is 5. The molecule has 3 aromatic rings. The van der Waals surface area contributed by atoms with Crippen molar-refractivity contribution in [3.05, 3.63) is 75.4 Å². The smallest absolute Gasteiger partial charge is 0.457 e. The zero-order valence-electron chi connectivity index (χ0n) is 14.9. The number of aliphatic imine (C=N–C) groups is 1. The van der Waals surface area contributed by atoms with Crippen molar-refractivity contribution in [2.75, 3.05) is 0 Å². The Hall–Kier alpha value is -2.51. The van der Waals surface area contributed by atoms with E-state index >= 15 is 0 Å². The third-order valence-electron chi connectivity index (χ3n) is 4.41. The molecule has 1 unspecified atom stereocenters. The molecule has 0 spiro atoms. The summed E-state index contributed by atoms with van der Waals surface area (Å²) in [6, 6.07) is 14.6. The minimum absolute atomic E-state index is 0.0628. The predicted octanol–water partition coefficient (Wildman–Crippen LogP) is 7.42. The summed E-state index contributed by atoms with van der Waals surface area (Å²) in [5.41, 5.74) is 1.91. The molecule has 0 aliphatic carbocycles. The largest absolute Gasteiger partial charge is 0.573 e. The molecule has 3 nitrogen and oxygen atoms in total. The van der Waals surface area contributed by atoms with Crippen molar-refractivity contribution in [1.29, 1.82) is 0 Å². The fourth-order valence-electron chi connectivity index (χ4n) is 3.17. The van der Waals surface area contributed by atoms with Gasteiger partial charge in [-0.15, -0.1) is 24.5 Å². The van der Waals surface area contributed by atoms with Gasteiger partial charge in [0.25, 0.3) is 0 Å². The van der Waals surface area contributed by atoms with E-state index in [1.54, 1.807) is 11.3 Å². The molecule has 0 fully saturated rings. The molecule has 0 amide bonds. The highest BCUT2D eigenvalue weighted by molar-refractivity contribution is 7.12. The second kappa shape index (κ2) is 8.08. The van der Waals surface area contributed by atoms with Crippen LogP contribution in [0.3, 0.4) is 0 Å². The monoisotopic (exact) mass is 437 g/mol. The van der Waals surface area contributed by atoms with E-state index in [0.717, 1.165) is 29.0 Å². The lowest BCUT2D eigenvalue weighted by Crippen LogP contribution is -2.16. The van der Waals surface area contributed by atoms with Crippen molar-refractivity contribution >= 4 is 28.6 Å². The molecule has 29 heavy (non-hydrogen) atoms. The number of thiophene rings is 1. The Kier molecular flexibility index (Phi) is 5.52. The molecule has 8 heteroatoms. The molecule has 0 N–H and O–H groups in total. The van der Waals surface area contributed by atoms with Crippen molar-refractivity contribution in [2.24, 2.45) is 4.99 Å². The average Bonchev–Trinajstić information content (AvgIpc) is 3.31. The summed E-state index contributed by atoms with van der Waals surface area (Å²) in [4.78, 5) is 5.83. The van der Waals surface area contributed by atoms with Crippen LogP contribution in [-0.2, 0) is 0 Å². The number of halogens is 4. The Morgan fingerprint density at radius 2 is 1.72 bits per heavy atom. The van der Waals surface area contributed by atoms with Gasteiger partial charge in [0.2, 0.25) is 0 Å². The topological polar surface area (TPSA) is 30.8 Å². The van der Waals surface area contributed by atoms with Crippen LogP contribution in [-0.4, -0.2) is 12.1 Å². The number of nitrogens with zero attached hydrogens (tertiary/aromatic N) is 1. The minimum atomic E-state index is -4.72. The van der Waals surface area contributed by atoms with Crippen molar-refractivity contribution in [2.45, 2.75) is 25.2 Å². The summed E-state index contributed by atoms with van der Waals surface area (Å²) < 4.78 is 46.7. The van der Waals surface area contributed by atoms with Crippen molar-refractivity contribution < 1.29 is 22.6 Å². The van der Waals surface area contributed by atoms with Gasteiger partial charge >= 0.3 is 6.36 Å². The van der Waals surface area contributed by atoms with Crippen molar-refractivity contribution in [3.8, 4) is 17.2 Å². The first-order valence-corrected chi connectivity index (χ1v) is 10.1. The third-order valence-corrected chi connectivity index (χ3v) is 5.80. The molecular weight excluding hydrogens is 423 g/mol. The lowest BCUT2D eigenvalue weighted by atomic mass is 10.0. The molecular formula is C21H15ClF3NO2S. The zero-order chi connectivity index (χ0) is 20.4. The summed E-state index contributed by atoms with van der Waals surface area (Å²) in [5, 5.41) is 2.65. The summed E-state index contributed by atoms with van der Waals surface area (Å²) >= 11 is 7.80. The lowest BCUT2D eigenvalue weighted by molar-refractivity contribution is -0.274. The van der Waals surface area contributed by atoms with Crippen LogP contribution in [0.5, 0.6) is 17.2 Å². The van der Waals surface area contributed by atoms with Crippen LogP contribution in [0, 0.1) is 0 Å². The van der Waals surface area contributed by atoms with Gasteiger partial charge in [-0.05, 0) is 54.6 Å². The SMILES string of the molecule is FC(F)(F)Oc1ccc(Oc2ccccc2C2CCC(c3sccc3Cl)=N2)cc1. The van der Waals surface area contributed by atoms with E-state index in [-0.39, 0.29) is 11.8 Å². The van der Waals surface area contributed by atoms with Crippen molar-refractivity contribution in [1.82, 2.24) is 0 Å². The normalized spacial score (nSPS) is 16.6. The summed E-state index contributed by atoms with van der Waals surface area (Å²) in [7, 11) is 0. The molecule has 0 saturated heterocycles. The molecule has 0 saturated carbocycles. The van der Waals surface area contributed by atoms with Gasteiger partial charge in [-0.2, -0.15) is 0 Å². The van der Waals surface area contributed by atoms with Crippen LogP contribution in [0.4, 0.5) is 13.2 Å². The zero-order valence-corrected chi connectivity index (χ0v) is 16.5. The summed E-state index contributed by atoms with van der Waals surface area (Å²) in [6.07, 6.45) is -3.07. The third kappa shape index (κ3) is 4.74. The maximum Gasteiger partial charge on any atom is 0.573 e. The van der Waals surface area contributed by atoms with Gasteiger partial charge < -0.3 is 9.47 Å². The Morgan fingerprint density at radius 1 is 1.00 bits per heavy atom. The van der Waals surface area contributed by atoms with E-state index in [2.05, 4.69) is 4.74 Å². The number of alkyl halides is 3. The number of para-hydroxylation sites is 1. The van der Waals surface area contributed by atoms with Crippen LogP contribution >= 0.6 is 22.9 Å². The first-order chi connectivity index (χ1) is 13.9. The highest BCUT2D eigenvalue weighted by atomic mass is 35.5.